The molecule has 0 aromatic heterocycles. The van der Waals surface area contributed by atoms with Gasteiger partial charge >= 0.3 is 17.9 Å². The topological polar surface area (TPSA) is 78.9 Å². The zero-order valence-corrected chi connectivity index (χ0v) is 44.2. The van der Waals surface area contributed by atoms with Crippen molar-refractivity contribution >= 4 is 17.9 Å². The lowest BCUT2D eigenvalue weighted by Gasteiger charge is -2.18. The van der Waals surface area contributed by atoms with E-state index in [0.717, 1.165) is 77.0 Å². The average Bonchev–Trinajstić information content (AvgIpc) is 3.31. The van der Waals surface area contributed by atoms with Gasteiger partial charge in [0.1, 0.15) is 13.2 Å². The van der Waals surface area contributed by atoms with Gasteiger partial charge in [0, 0.05) is 19.3 Å². The van der Waals surface area contributed by atoms with Crippen LogP contribution in [0.2, 0.25) is 0 Å². The van der Waals surface area contributed by atoms with Crippen LogP contribution in [0.25, 0.3) is 0 Å². The van der Waals surface area contributed by atoms with Crippen LogP contribution in [0, 0.1) is 0 Å². The Labute approximate surface area is 410 Å². The van der Waals surface area contributed by atoms with E-state index in [9.17, 15) is 14.4 Å². The molecule has 0 saturated heterocycles. The number of esters is 3. The molecule has 1 atom stereocenters. The van der Waals surface area contributed by atoms with E-state index < -0.39 is 6.10 Å². The Hall–Kier alpha value is -2.37. The molecule has 0 aromatic rings. The van der Waals surface area contributed by atoms with Crippen molar-refractivity contribution in [1.29, 1.82) is 0 Å². The Bertz CT molecular complexity index is 1110. The molecule has 66 heavy (non-hydrogen) atoms. The molecular weight excluding hydrogens is 817 g/mol. The minimum atomic E-state index is -0.776. The predicted octanol–water partition coefficient (Wildman–Crippen LogP) is 19.3. The highest BCUT2D eigenvalue weighted by atomic mass is 16.6. The highest BCUT2D eigenvalue weighted by molar-refractivity contribution is 5.71. The second kappa shape index (κ2) is 55.2. The summed E-state index contributed by atoms with van der Waals surface area (Å²) in [6, 6.07) is 0. The largest absolute Gasteiger partial charge is 0.462 e. The van der Waals surface area contributed by atoms with E-state index in [1.54, 1.807) is 0 Å². The summed E-state index contributed by atoms with van der Waals surface area (Å²) >= 11 is 0. The van der Waals surface area contributed by atoms with Gasteiger partial charge in [-0.15, -0.1) is 0 Å². The SMILES string of the molecule is CCCC/C=C/C/C=C/CCCCCCCC(=O)OC[C@H](COC(=O)CCCCCCCCC/C=C/CCCCCCCC)OC(=O)CCCCCCCCCCCCCCCCCCC. The molecule has 6 heteroatoms. The Morgan fingerprint density at radius 3 is 0.894 bits per heavy atom. The number of ether oxygens (including phenoxy) is 3. The molecule has 386 valence electrons. The number of unbranched alkanes of at least 4 members (excludes halogenated alkanes) is 36. The van der Waals surface area contributed by atoms with Gasteiger partial charge in [-0.05, 0) is 70.6 Å². The normalized spacial score (nSPS) is 12.2. The van der Waals surface area contributed by atoms with E-state index in [1.165, 1.54) is 193 Å². The fourth-order valence-electron chi connectivity index (χ4n) is 8.46. The molecular formula is C60H110O6. The summed E-state index contributed by atoms with van der Waals surface area (Å²) in [5, 5.41) is 0. The van der Waals surface area contributed by atoms with Crippen LogP contribution in [-0.4, -0.2) is 37.2 Å². The van der Waals surface area contributed by atoms with Crippen molar-refractivity contribution in [3.05, 3.63) is 36.5 Å². The summed E-state index contributed by atoms with van der Waals surface area (Å²) in [6.45, 7) is 6.62. The van der Waals surface area contributed by atoms with Crippen molar-refractivity contribution in [3.63, 3.8) is 0 Å². The van der Waals surface area contributed by atoms with Crippen molar-refractivity contribution < 1.29 is 28.6 Å². The van der Waals surface area contributed by atoms with Gasteiger partial charge in [0.15, 0.2) is 6.10 Å². The molecule has 0 fully saturated rings. The van der Waals surface area contributed by atoms with Crippen LogP contribution in [0.1, 0.15) is 310 Å². The van der Waals surface area contributed by atoms with Gasteiger partial charge in [0.25, 0.3) is 0 Å². The summed E-state index contributed by atoms with van der Waals surface area (Å²) in [6.07, 6.45) is 65.6. The van der Waals surface area contributed by atoms with Gasteiger partial charge in [-0.2, -0.15) is 0 Å². The van der Waals surface area contributed by atoms with Crippen molar-refractivity contribution in [2.24, 2.45) is 0 Å². The quantitative estimate of drug-likeness (QED) is 0.0262. The average molecular weight is 928 g/mol. The van der Waals surface area contributed by atoms with Gasteiger partial charge in [-0.3, -0.25) is 14.4 Å². The molecule has 0 aliphatic carbocycles. The Morgan fingerprint density at radius 1 is 0.303 bits per heavy atom. The van der Waals surface area contributed by atoms with Crippen molar-refractivity contribution in [1.82, 2.24) is 0 Å². The van der Waals surface area contributed by atoms with E-state index in [4.69, 9.17) is 14.2 Å². The Kier molecular flexibility index (Phi) is 53.2. The smallest absolute Gasteiger partial charge is 0.306 e. The van der Waals surface area contributed by atoms with Crippen LogP contribution in [0.3, 0.4) is 0 Å². The van der Waals surface area contributed by atoms with Crippen LogP contribution in [0.4, 0.5) is 0 Å². The highest BCUT2D eigenvalue weighted by Crippen LogP contribution is 2.16. The highest BCUT2D eigenvalue weighted by Gasteiger charge is 2.19. The minimum absolute atomic E-state index is 0.0755. The number of allylic oxidation sites excluding steroid dienone is 6. The van der Waals surface area contributed by atoms with E-state index in [-0.39, 0.29) is 31.1 Å². The maximum atomic E-state index is 12.9. The molecule has 0 N–H and O–H groups in total. The van der Waals surface area contributed by atoms with Crippen molar-refractivity contribution in [3.8, 4) is 0 Å². The lowest BCUT2D eigenvalue weighted by molar-refractivity contribution is -0.167. The third-order valence-corrected chi connectivity index (χ3v) is 12.9. The Balaban J connectivity index is 4.35. The molecule has 0 spiro atoms. The number of rotatable bonds is 53. The fourth-order valence-corrected chi connectivity index (χ4v) is 8.46. The first-order valence-corrected chi connectivity index (χ1v) is 29.0. The lowest BCUT2D eigenvalue weighted by atomic mass is 10.0. The van der Waals surface area contributed by atoms with Gasteiger partial charge in [0.05, 0.1) is 0 Å². The van der Waals surface area contributed by atoms with E-state index in [2.05, 4.69) is 57.2 Å². The standard InChI is InChI=1S/C60H110O6/c1-4-7-10-13-16-19-22-25-28-30-32-35-38-41-44-47-50-53-59(62)65-56-57(55-64-58(61)52-49-46-43-40-37-34-27-24-21-18-15-12-9-6-3)66-60(63)54-51-48-45-42-39-36-33-31-29-26-23-20-17-14-11-8-5-2/h15,18,24-25,27-28,57H,4-14,16-17,19-23,26,29-56H2,1-3H3/b18-15+,27-24+,28-25+/t57-/m1/s1. The molecule has 0 unspecified atom stereocenters. The summed E-state index contributed by atoms with van der Waals surface area (Å²) in [4.78, 5) is 38.1. The van der Waals surface area contributed by atoms with Crippen molar-refractivity contribution in [2.75, 3.05) is 13.2 Å². The second-order valence-corrected chi connectivity index (χ2v) is 19.6. The summed E-state index contributed by atoms with van der Waals surface area (Å²) in [5.74, 6) is -0.876. The maximum Gasteiger partial charge on any atom is 0.306 e. The lowest BCUT2D eigenvalue weighted by Crippen LogP contribution is -2.30. The van der Waals surface area contributed by atoms with Gasteiger partial charge < -0.3 is 14.2 Å². The summed E-state index contributed by atoms with van der Waals surface area (Å²) in [5.41, 5.74) is 0. The Morgan fingerprint density at radius 2 is 0.561 bits per heavy atom. The molecule has 0 aromatic carbocycles. The monoisotopic (exact) mass is 927 g/mol. The molecule has 0 bridgehead atoms. The van der Waals surface area contributed by atoms with Crippen molar-refractivity contribution in [2.45, 2.75) is 316 Å². The van der Waals surface area contributed by atoms with Crippen LogP contribution in [0.5, 0.6) is 0 Å². The van der Waals surface area contributed by atoms with Gasteiger partial charge in [-0.25, -0.2) is 0 Å². The number of hydrogen-bond acceptors (Lipinski definition) is 6. The van der Waals surface area contributed by atoms with Gasteiger partial charge in [-0.1, -0.05) is 256 Å². The molecule has 0 aliphatic rings. The van der Waals surface area contributed by atoms with Crippen LogP contribution >= 0.6 is 0 Å². The molecule has 0 heterocycles. The second-order valence-electron chi connectivity index (χ2n) is 19.6. The molecule has 0 radical (unpaired) electrons. The molecule has 0 aliphatic heterocycles. The van der Waals surface area contributed by atoms with Crippen LogP contribution < -0.4 is 0 Å². The first kappa shape index (κ1) is 63.6. The number of hydrogen-bond donors (Lipinski definition) is 0. The number of carbonyl (C=O) groups is 3. The first-order chi connectivity index (χ1) is 32.5. The van der Waals surface area contributed by atoms with E-state index >= 15 is 0 Å². The predicted molar refractivity (Wildman–Crippen MR) is 284 cm³/mol. The third kappa shape index (κ3) is 52.6. The van der Waals surface area contributed by atoms with Crippen LogP contribution in [-0.2, 0) is 28.6 Å². The minimum Gasteiger partial charge on any atom is -0.462 e. The number of carbonyl (C=O) groups excluding carboxylic acids is 3. The molecule has 0 amide bonds. The summed E-state index contributed by atoms with van der Waals surface area (Å²) in [7, 11) is 0. The first-order valence-electron chi connectivity index (χ1n) is 29.0. The molecule has 6 nitrogen and oxygen atoms in total. The van der Waals surface area contributed by atoms with Gasteiger partial charge in [0.2, 0.25) is 0 Å². The van der Waals surface area contributed by atoms with Crippen LogP contribution in [0.15, 0.2) is 36.5 Å². The molecule has 0 rings (SSSR count). The van der Waals surface area contributed by atoms with E-state index in [1.807, 2.05) is 0 Å². The summed E-state index contributed by atoms with van der Waals surface area (Å²) < 4.78 is 16.9. The van der Waals surface area contributed by atoms with E-state index in [0.29, 0.717) is 19.3 Å². The fraction of sp³-hybridized carbons (Fsp3) is 0.850. The zero-order chi connectivity index (χ0) is 47.9. The maximum absolute atomic E-state index is 12.9. The molecule has 0 saturated carbocycles. The zero-order valence-electron chi connectivity index (χ0n) is 44.2. The third-order valence-electron chi connectivity index (χ3n) is 12.9.